The number of halogens is 1. The zero-order chi connectivity index (χ0) is 25.8. The van der Waals surface area contributed by atoms with Gasteiger partial charge >= 0.3 is 0 Å². The Balaban J connectivity index is 1.49. The lowest BCUT2D eigenvalue weighted by atomic mass is 10.0. The van der Waals surface area contributed by atoms with Gasteiger partial charge < -0.3 is 4.74 Å². The van der Waals surface area contributed by atoms with E-state index in [9.17, 15) is 13.2 Å². The van der Waals surface area contributed by atoms with Crippen LogP contribution in [0.5, 0.6) is 5.88 Å². The summed E-state index contributed by atoms with van der Waals surface area (Å²) in [5, 5.41) is 4.00. The molecule has 0 radical (unpaired) electrons. The molecule has 1 aromatic carbocycles. The van der Waals surface area contributed by atoms with Crippen LogP contribution < -0.4 is 9.46 Å². The van der Waals surface area contributed by atoms with E-state index in [1.807, 2.05) is 32.4 Å². The van der Waals surface area contributed by atoms with Crippen LogP contribution in [0, 0.1) is 16.7 Å². The Morgan fingerprint density at radius 2 is 1.82 bits per heavy atom. The van der Waals surface area contributed by atoms with Crippen LogP contribution in [-0.4, -0.2) is 35.6 Å². The van der Waals surface area contributed by atoms with Crippen LogP contribution in [0.15, 0.2) is 59.6 Å². The fraction of sp³-hybridized carbons (Fsp3) is 0.348. The van der Waals surface area contributed by atoms with Crippen LogP contribution in [0.25, 0.3) is 5.82 Å². The zero-order valence-electron chi connectivity index (χ0n) is 20.5. The maximum Gasteiger partial charge on any atom is 0.268 e. The Bertz CT molecular complexity index is 1380. The molecule has 3 aromatic rings. The van der Waals surface area contributed by atoms with Crippen molar-refractivity contribution in [3.63, 3.8) is 0 Å². The summed E-state index contributed by atoms with van der Waals surface area (Å²) in [6, 6.07) is 11.7. The van der Waals surface area contributed by atoms with E-state index in [0.717, 1.165) is 0 Å². The van der Waals surface area contributed by atoms with E-state index in [2.05, 4.69) is 10.1 Å². The maximum absolute atomic E-state index is 12.5. The van der Waals surface area contributed by atoms with E-state index in [-0.39, 0.29) is 44.1 Å². The van der Waals surface area contributed by atoms with Gasteiger partial charge in [0.1, 0.15) is 5.15 Å². The van der Waals surface area contributed by atoms with Gasteiger partial charge in [-0.15, -0.1) is 5.10 Å². The van der Waals surface area contributed by atoms with Crippen LogP contribution in [0.3, 0.4) is 0 Å². The molecule has 0 aliphatic heterocycles. The third kappa shape index (κ3) is 4.35. The molecule has 33 heavy (non-hydrogen) atoms. The highest BCUT2D eigenvalue weighted by atomic mass is 35.5. The Kier molecular flexibility index (Phi) is 5.10. The second-order valence-electron chi connectivity index (χ2n) is 8.95. The van der Waals surface area contributed by atoms with E-state index in [0.29, 0.717) is 0 Å². The lowest BCUT2D eigenvalue weighted by molar-refractivity contribution is 0.0981. The molecule has 2 heterocycles. The highest BCUT2D eigenvalue weighted by molar-refractivity contribution is 7.90. The monoisotopic (exact) mass is 490 g/mol. The molecule has 0 bridgehead atoms. The van der Waals surface area contributed by atoms with Gasteiger partial charge in [0.25, 0.3) is 15.9 Å². The molecule has 4 rings (SSSR count). The Labute approximate surface area is 200 Å². The van der Waals surface area contributed by atoms with Crippen molar-refractivity contribution in [1.82, 2.24) is 19.5 Å². The van der Waals surface area contributed by atoms with Crippen molar-refractivity contribution in [3.8, 4) is 11.7 Å². The van der Waals surface area contributed by atoms with Crippen molar-refractivity contribution in [2.24, 2.45) is 16.7 Å². The number of nitrogens with zero attached hydrogens (tertiary/aromatic N) is 3. The number of rotatable bonds is 7. The van der Waals surface area contributed by atoms with Gasteiger partial charge in [0.15, 0.2) is 5.82 Å². The van der Waals surface area contributed by atoms with Crippen molar-refractivity contribution >= 4 is 27.5 Å². The average molecular weight is 491 g/mol. The van der Waals surface area contributed by atoms with Gasteiger partial charge in [0, 0.05) is 18.2 Å². The first kappa shape index (κ1) is 20.7. The number of nitrogens with one attached hydrogen (secondary N) is 1. The lowest BCUT2D eigenvalue weighted by Gasteiger charge is -2.09. The third-order valence-corrected chi connectivity index (χ3v) is 8.10. The SMILES string of the molecule is [2H]C([2H])(Oc1ccn(-c2ccc(C(=O)NS(=O)(=O)c3ccccc3)c(Cl)n2)n1)C1C(C)(C)C1(C)C. The molecule has 1 N–H and O–H groups in total. The Morgan fingerprint density at radius 3 is 2.42 bits per heavy atom. The van der Waals surface area contributed by atoms with Crippen molar-refractivity contribution in [2.45, 2.75) is 32.6 Å². The van der Waals surface area contributed by atoms with E-state index in [4.69, 9.17) is 19.1 Å². The van der Waals surface area contributed by atoms with Gasteiger partial charge in [-0.3, -0.25) is 4.79 Å². The molecule has 1 fully saturated rings. The standard InChI is InChI=1S/C23H25ClN4O4S/c1-22(2)17(23(22,3)4)14-32-19-12-13-28(26-19)18-11-10-16(20(24)25-18)21(29)27-33(30,31)15-8-6-5-7-9-15/h5-13,17H,14H2,1-4H3,(H,27,29)/i14D2. The van der Waals surface area contributed by atoms with Crippen molar-refractivity contribution in [1.29, 1.82) is 0 Å². The predicted molar refractivity (Wildman–Crippen MR) is 124 cm³/mol. The van der Waals surface area contributed by atoms with Gasteiger partial charge in [0.2, 0.25) is 5.88 Å². The quantitative estimate of drug-likeness (QED) is 0.500. The summed E-state index contributed by atoms with van der Waals surface area (Å²) in [5.74, 6) is -0.933. The molecule has 0 unspecified atom stereocenters. The van der Waals surface area contributed by atoms with Gasteiger partial charge in [-0.25, -0.2) is 22.8 Å². The van der Waals surface area contributed by atoms with Crippen LogP contribution in [0.1, 0.15) is 40.8 Å². The lowest BCUT2D eigenvalue weighted by Crippen LogP contribution is -2.31. The van der Waals surface area contributed by atoms with E-state index in [1.54, 1.807) is 18.2 Å². The Morgan fingerprint density at radius 1 is 1.15 bits per heavy atom. The molecular formula is C23H25ClN4O4S. The summed E-state index contributed by atoms with van der Waals surface area (Å²) in [4.78, 5) is 16.6. The van der Waals surface area contributed by atoms with Gasteiger partial charge in [0.05, 0.1) is 19.8 Å². The largest absolute Gasteiger partial charge is 0.476 e. The number of benzene rings is 1. The zero-order valence-corrected chi connectivity index (χ0v) is 20.1. The number of sulfonamides is 1. The normalized spacial score (nSPS) is 18.2. The molecule has 10 heteroatoms. The number of hydrogen-bond acceptors (Lipinski definition) is 6. The summed E-state index contributed by atoms with van der Waals surface area (Å²) in [5.41, 5.74) is -0.579. The fourth-order valence-corrected chi connectivity index (χ4v) is 4.88. The number of hydrogen-bond donors (Lipinski definition) is 1. The first-order valence-electron chi connectivity index (χ1n) is 11.2. The van der Waals surface area contributed by atoms with Gasteiger partial charge in [-0.1, -0.05) is 57.5 Å². The van der Waals surface area contributed by atoms with Gasteiger partial charge in [-0.2, -0.15) is 0 Å². The molecule has 0 spiro atoms. The Hall–Kier alpha value is -2.91. The van der Waals surface area contributed by atoms with Crippen molar-refractivity contribution < 1.29 is 20.7 Å². The minimum atomic E-state index is -4.08. The predicted octanol–water partition coefficient (Wildman–Crippen LogP) is 4.10. The topological polar surface area (TPSA) is 103 Å². The van der Waals surface area contributed by atoms with Crippen LogP contribution in [0.2, 0.25) is 5.15 Å². The van der Waals surface area contributed by atoms with Crippen molar-refractivity contribution in [2.75, 3.05) is 6.56 Å². The van der Waals surface area contributed by atoms with Crippen LogP contribution in [-0.2, 0) is 10.0 Å². The number of pyridine rings is 1. The third-order valence-electron chi connectivity index (χ3n) is 6.46. The first-order valence-corrected chi connectivity index (χ1v) is 12.1. The summed E-state index contributed by atoms with van der Waals surface area (Å²) < 4.78 is 50.5. The van der Waals surface area contributed by atoms with E-state index >= 15 is 0 Å². The number of amides is 1. The summed E-state index contributed by atoms with van der Waals surface area (Å²) in [6.07, 6.45) is 1.52. The second kappa shape index (κ2) is 8.14. The minimum Gasteiger partial charge on any atom is -0.476 e. The van der Waals surface area contributed by atoms with E-state index < -0.39 is 22.5 Å². The molecule has 2 aromatic heterocycles. The molecule has 1 aliphatic rings. The van der Waals surface area contributed by atoms with Crippen LogP contribution >= 0.6 is 11.6 Å². The number of carbonyl (C=O) groups is 1. The summed E-state index contributed by atoms with van der Waals surface area (Å²) in [6.45, 7) is 6.10. The minimum absolute atomic E-state index is 0.0593. The molecule has 1 amide bonds. The smallest absolute Gasteiger partial charge is 0.268 e. The summed E-state index contributed by atoms with van der Waals surface area (Å²) in [7, 11) is -4.08. The molecule has 1 aliphatic carbocycles. The second-order valence-corrected chi connectivity index (χ2v) is 11.0. The maximum atomic E-state index is 12.5. The highest BCUT2D eigenvalue weighted by Gasteiger charge is 2.64. The highest BCUT2D eigenvalue weighted by Crippen LogP contribution is 2.68. The molecule has 0 atom stereocenters. The molecule has 0 saturated heterocycles. The first-order chi connectivity index (χ1) is 16.2. The molecule has 8 nitrogen and oxygen atoms in total. The average Bonchev–Trinajstić information content (AvgIpc) is 3.04. The van der Waals surface area contributed by atoms with Gasteiger partial charge in [-0.05, 0) is 35.1 Å². The molecular weight excluding hydrogens is 464 g/mol. The number of carbonyl (C=O) groups excluding carboxylic acids is 1. The molecule has 1 saturated carbocycles. The fourth-order valence-electron chi connectivity index (χ4n) is 3.66. The number of aromatic nitrogens is 3. The van der Waals surface area contributed by atoms with Crippen molar-refractivity contribution in [3.05, 3.63) is 65.4 Å². The molecule has 174 valence electrons. The van der Waals surface area contributed by atoms with Crippen LogP contribution in [0.4, 0.5) is 0 Å². The number of ether oxygens (including phenoxy) is 1. The van der Waals surface area contributed by atoms with E-state index in [1.165, 1.54) is 41.2 Å². The summed E-state index contributed by atoms with van der Waals surface area (Å²) >= 11 is 6.18.